The molecule has 14 heavy (non-hydrogen) atoms. The molecule has 0 bridgehead atoms. The van der Waals surface area contributed by atoms with E-state index in [9.17, 15) is 13.2 Å². The first kappa shape index (κ1) is 10.5. The Bertz CT molecular complexity index is 478. The number of aromatic carboxylic acids is 1. The van der Waals surface area contributed by atoms with Gasteiger partial charge in [-0.2, -0.15) is 0 Å². The highest BCUT2D eigenvalue weighted by molar-refractivity contribution is 7.90. The standard InChI is InChI=1S/C8H9NO4S/c1-14(12,13)7-3-2-5(8(10)11)4-6(7)9/h2-4H,9H2,1H3,(H,10,11). The van der Waals surface area contributed by atoms with Crippen LogP contribution in [0.2, 0.25) is 0 Å². The molecule has 0 fully saturated rings. The summed E-state index contributed by atoms with van der Waals surface area (Å²) in [7, 11) is -3.39. The summed E-state index contributed by atoms with van der Waals surface area (Å²) in [6, 6.07) is 3.52. The molecule has 76 valence electrons. The number of hydrogen-bond acceptors (Lipinski definition) is 4. The molecule has 1 rings (SSSR count). The van der Waals surface area contributed by atoms with Gasteiger partial charge in [-0.25, -0.2) is 13.2 Å². The summed E-state index contributed by atoms with van der Waals surface area (Å²) in [5, 5.41) is 8.60. The number of rotatable bonds is 2. The molecule has 6 heteroatoms. The normalized spacial score (nSPS) is 11.2. The van der Waals surface area contributed by atoms with Crippen LogP contribution < -0.4 is 5.73 Å². The van der Waals surface area contributed by atoms with E-state index < -0.39 is 15.8 Å². The van der Waals surface area contributed by atoms with Gasteiger partial charge >= 0.3 is 5.97 Å². The molecule has 3 N–H and O–H groups in total. The Labute approximate surface area is 81.1 Å². The lowest BCUT2D eigenvalue weighted by Crippen LogP contribution is -2.05. The van der Waals surface area contributed by atoms with E-state index >= 15 is 0 Å². The van der Waals surface area contributed by atoms with Crippen LogP contribution in [0, 0.1) is 0 Å². The van der Waals surface area contributed by atoms with Crippen molar-refractivity contribution in [2.24, 2.45) is 0 Å². The van der Waals surface area contributed by atoms with Gasteiger partial charge in [0.2, 0.25) is 0 Å². The molecule has 0 aliphatic rings. The number of sulfone groups is 1. The highest BCUT2D eigenvalue weighted by atomic mass is 32.2. The fraction of sp³-hybridized carbons (Fsp3) is 0.125. The summed E-state index contributed by atoms with van der Waals surface area (Å²) >= 11 is 0. The molecule has 0 radical (unpaired) electrons. The summed E-state index contributed by atoms with van der Waals surface area (Å²) in [5.74, 6) is -1.14. The summed E-state index contributed by atoms with van der Waals surface area (Å²) in [6.45, 7) is 0. The highest BCUT2D eigenvalue weighted by Gasteiger charge is 2.13. The first-order valence-electron chi connectivity index (χ1n) is 3.65. The molecule has 0 aliphatic carbocycles. The quantitative estimate of drug-likeness (QED) is 0.694. The average Bonchev–Trinajstić information content (AvgIpc) is 2.01. The third-order valence-electron chi connectivity index (χ3n) is 1.66. The molecule has 5 nitrogen and oxygen atoms in total. The van der Waals surface area contributed by atoms with E-state index in [1.807, 2.05) is 0 Å². The molecule has 0 amide bonds. The van der Waals surface area contributed by atoms with Gasteiger partial charge < -0.3 is 10.8 Å². The molecule has 1 aromatic carbocycles. The Morgan fingerprint density at radius 1 is 1.43 bits per heavy atom. The molecule has 0 heterocycles. The van der Waals surface area contributed by atoms with Gasteiger partial charge in [0.15, 0.2) is 9.84 Å². The first-order valence-corrected chi connectivity index (χ1v) is 5.54. The summed E-state index contributed by atoms with van der Waals surface area (Å²) < 4.78 is 22.2. The van der Waals surface area contributed by atoms with Crippen LogP contribution in [0.15, 0.2) is 23.1 Å². The van der Waals surface area contributed by atoms with Crippen molar-refractivity contribution < 1.29 is 18.3 Å². The number of hydrogen-bond donors (Lipinski definition) is 2. The average molecular weight is 215 g/mol. The van der Waals surface area contributed by atoms with Gasteiger partial charge in [-0.3, -0.25) is 0 Å². The van der Waals surface area contributed by atoms with Crippen molar-refractivity contribution in [3.63, 3.8) is 0 Å². The second-order valence-corrected chi connectivity index (χ2v) is 4.81. The lowest BCUT2D eigenvalue weighted by molar-refractivity contribution is 0.0697. The number of anilines is 1. The lowest BCUT2D eigenvalue weighted by Gasteiger charge is -2.03. The summed E-state index contributed by atoms with van der Waals surface area (Å²) in [6.07, 6.45) is 1.01. The summed E-state index contributed by atoms with van der Waals surface area (Å²) in [5.41, 5.74) is 5.32. The molecular formula is C8H9NO4S. The maximum Gasteiger partial charge on any atom is 0.335 e. The van der Waals surface area contributed by atoms with E-state index in [4.69, 9.17) is 10.8 Å². The molecule has 0 unspecified atom stereocenters. The number of benzene rings is 1. The number of nitrogens with two attached hydrogens (primary N) is 1. The van der Waals surface area contributed by atoms with Crippen LogP contribution in [0.1, 0.15) is 10.4 Å². The Balaban J connectivity index is 3.35. The van der Waals surface area contributed by atoms with Crippen LogP contribution in [0.4, 0.5) is 5.69 Å². The zero-order chi connectivity index (χ0) is 10.9. The maximum atomic E-state index is 11.1. The van der Waals surface area contributed by atoms with Gasteiger partial charge in [-0.05, 0) is 18.2 Å². The van der Waals surface area contributed by atoms with E-state index in [1.54, 1.807) is 0 Å². The number of carboxylic acids is 1. The van der Waals surface area contributed by atoms with E-state index in [0.717, 1.165) is 12.3 Å². The van der Waals surface area contributed by atoms with Gasteiger partial charge in [0.05, 0.1) is 16.1 Å². The van der Waals surface area contributed by atoms with Gasteiger partial charge in [-0.15, -0.1) is 0 Å². The maximum absolute atomic E-state index is 11.1. The topological polar surface area (TPSA) is 97.5 Å². The molecular weight excluding hydrogens is 206 g/mol. The van der Waals surface area contributed by atoms with Crippen LogP contribution >= 0.6 is 0 Å². The van der Waals surface area contributed by atoms with Crippen molar-refractivity contribution in [3.05, 3.63) is 23.8 Å². The summed E-state index contributed by atoms with van der Waals surface area (Å²) in [4.78, 5) is 10.5. The third-order valence-corrected chi connectivity index (χ3v) is 2.83. The first-order chi connectivity index (χ1) is 6.32. The van der Waals surface area contributed by atoms with Crippen molar-refractivity contribution in [2.75, 3.05) is 12.0 Å². The smallest absolute Gasteiger partial charge is 0.335 e. The van der Waals surface area contributed by atoms with Crippen LogP contribution in [0.5, 0.6) is 0 Å². The fourth-order valence-electron chi connectivity index (χ4n) is 1.02. The Hall–Kier alpha value is -1.56. The van der Waals surface area contributed by atoms with E-state index in [1.165, 1.54) is 12.1 Å². The van der Waals surface area contributed by atoms with E-state index in [0.29, 0.717) is 0 Å². The fourth-order valence-corrected chi connectivity index (χ4v) is 1.82. The minimum Gasteiger partial charge on any atom is -0.478 e. The molecule has 1 aromatic rings. The van der Waals surface area contributed by atoms with Crippen LogP contribution in [0.25, 0.3) is 0 Å². The van der Waals surface area contributed by atoms with E-state index in [-0.39, 0.29) is 16.1 Å². The molecule has 0 aromatic heterocycles. The van der Waals surface area contributed by atoms with Crippen molar-refractivity contribution >= 4 is 21.5 Å². The van der Waals surface area contributed by atoms with Crippen molar-refractivity contribution in [3.8, 4) is 0 Å². The number of carbonyl (C=O) groups is 1. The second-order valence-electron chi connectivity index (χ2n) is 2.83. The Morgan fingerprint density at radius 2 is 2.00 bits per heavy atom. The predicted octanol–water partition coefficient (Wildman–Crippen LogP) is 0.371. The van der Waals surface area contributed by atoms with Gasteiger partial charge in [0.25, 0.3) is 0 Å². The molecule has 0 saturated carbocycles. The van der Waals surface area contributed by atoms with Crippen LogP contribution in [0.3, 0.4) is 0 Å². The zero-order valence-electron chi connectivity index (χ0n) is 7.39. The largest absolute Gasteiger partial charge is 0.478 e. The second kappa shape index (κ2) is 3.30. The van der Waals surface area contributed by atoms with Gasteiger partial charge in [0.1, 0.15) is 0 Å². The van der Waals surface area contributed by atoms with Crippen molar-refractivity contribution in [2.45, 2.75) is 4.90 Å². The minimum absolute atomic E-state index is 0.0325. The molecule has 0 saturated heterocycles. The minimum atomic E-state index is -3.39. The van der Waals surface area contributed by atoms with Gasteiger partial charge in [-0.1, -0.05) is 0 Å². The monoisotopic (exact) mass is 215 g/mol. The van der Waals surface area contributed by atoms with Crippen LogP contribution in [-0.2, 0) is 9.84 Å². The van der Waals surface area contributed by atoms with Crippen molar-refractivity contribution in [1.29, 1.82) is 0 Å². The number of nitrogen functional groups attached to an aromatic ring is 1. The highest BCUT2D eigenvalue weighted by Crippen LogP contribution is 2.19. The number of carboxylic acid groups (broad SMARTS) is 1. The van der Waals surface area contributed by atoms with E-state index in [2.05, 4.69) is 0 Å². The predicted molar refractivity (Wildman–Crippen MR) is 50.9 cm³/mol. The third kappa shape index (κ3) is 2.02. The van der Waals surface area contributed by atoms with Crippen LogP contribution in [-0.4, -0.2) is 25.7 Å². The molecule has 0 atom stereocenters. The Kier molecular flexibility index (Phi) is 2.48. The molecule has 0 spiro atoms. The van der Waals surface area contributed by atoms with Crippen molar-refractivity contribution in [1.82, 2.24) is 0 Å². The lowest BCUT2D eigenvalue weighted by atomic mass is 10.2. The zero-order valence-corrected chi connectivity index (χ0v) is 8.21. The Morgan fingerprint density at radius 3 is 2.36 bits per heavy atom. The molecule has 0 aliphatic heterocycles. The van der Waals surface area contributed by atoms with Gasteiger partial charge in [0, 0.05) is 6.26 Å². The SMILES string of the molecule is CS(=O)(=O)c1ccc(C(=O)O)cc1N.